The quantitative estimate of drug-likeness (QED) is 0.728. The van der Waals surface area contributed by atoms with Gasteiger partial charge in [0.25, 0.3) is 5.91 Å². The van der Waals surface area contributed by atoms with E-state index in [4.69, 9.17) is 0 Å². The van der Waals surface area contributed by atoms with Gasteiger partial charge in [-0.2, -0.15) is 0 Å². The molecule has 0 atom stereocenters. The number of nitrogens with zero attached hydrogens (tertiary/aromatic N) is 2. The number of sulfonamides is 1. The van der Waals surface area contributed by atoms with Crippen molar-refractivity contribution in [3.05, 3.63) is 65.5 Å². The van der Waals surface area contributed by atoms with Crippen molar-refractivity contribution < 1.29 is 13.2 Å². The van der Waals surface area contributed by atoms with E-state index in [-0.39, 0.29) is 10.5 Å². The van der Waals surface area contributed by atoms with Crippen molar-refractivity contribution in [1.29, 1.82) is 0 Å². The molecule has 0 bridgehead atoms. The molecule has 3 aromatic rings. The molecule has 0 radical (unpaired) electrons. The Hall–Kier alpha value is -2.55. The van der Waals surface area contributed by atoms with E-state index >= 15 is 0 Å². The maximum Gasteiger partial charge on any atom is 0.257 e. The molecule has 0 aliphatic carbocycles. The summed E-state index contributed by atoms with van der Waals surface area (Å²) >= 11 is 1.31. The molecule has 134 valence electrons. The van der Waals surface area contributed by atoms with E-state index in [0.29, 0.717) is 5.13 Å². The molecule has 1 N–H and O–H groups in total. The van der Waals surface area contributed by atoms with Crippen molar-refractivity contribution in [2.75, 3.05) is 19.4 Å². The van der Waals surface area contributed by atoms with E-state index in [0.717, 1.165) is 15.6 Å². The number of nitrogens with one attached hydrogen (secondary N) is 1. The van der Waals surface area contributed by atoms with Gasteiger partial charge in [-0.05, 0) is 18.2 Å². The van der Waals surface area contributed by atoms with Crippen LogP contribution in [0.1, 0.15) is 10.4 Å². The molecular formula is C18H17N3O3S2. The Labute approximate surface area is 156 Å². The average Bonchev–Trinajstić information content (AvgIpc) is 3.11. The summed E-state index contributed by atoms with van der Waals surface area (Å²) in [6.45, 7) is 0. The molecule has 26 heavy (non-hydrogen) atoms. The van der Waals surface area contributed by atoms with Crippen molar-refractivity contribution in [1.82, 2.24) is 9.29 Å². The van der Waals surface area contributed by atoms with Crippen LogP contribution in [0.15, 0.2) is 64.9 Å². The van der Waals surface area contributed by atoms with Gasteiger partial charge in [0.2, 0.25) is 10.0 Å². The Bertz CT molecular complexity index is 1030. The van der Waals surface area contributed by atoms with Crippen LogP contribution in [0.3, 0.4) is 0 Å². The maximum absolute atomic E-state index is 12.5. The van der Waals surface area contributed by atoms with E-state index < -0.39 is 15.9 Å². The minimum atomic E-state index is -3.60. The summed E-state index contributed by atoms with van der Waals surface area (Å²) in [5, 5.41) is 5.03. The molecule has 6 nitrogen and oxygen atoms in total. The fraction of sp³-hybridized carbons (Fsp3) is 0.111. The fourth-order valence-electron chi connectivity index (χ4n) is 2.25. The number of benzene rings is 2. The van der Waals surface area contributed by atoms with Gasteiger partial charge in [-0.3, -0.25) is 10.1 Å². The molecule has 1 aromatic heterocycles. The van der Waals surface area contributed by atoms with Gasteiger partial charge < -0.3 is 0 Å². The first-order valence-corrected chi connectivity index (χ1v) is 10.0. The first-order valence-electron chi connectivity index (χ1n) is 7.73. The molecule has 0 unspecified atom stereocenters. The molecule has 0 fully saturated rings. The lowest BCUT2D eigenvalue weighted by molar-refractivity contribution is 0.102. The Morgan fingerprint density at radius 2 is 1.81 bits per heavy atom. The lowest BCUT2D eigenvalue weighted by Crippen LogP contribution is -2.22. The monoisotopic (exact) mass is 387 g/mol. The minimum Gasteiger partial charge on any atom is -0.298 e. The first-order chi connectivity index (χ1) is 12.4. The fourth-order valence-corrected chi connectivity index (χ4v) is 3.91. The number of hydrogen-bond donors (Lipinski definition) is 1. The van der Waals surface area contributed by atoms with Crippen molar-refractivity contribution in [3.8, 4) is 11.3 Å². The molecular weight excluding hydrogens is 370 g/mol. The number of carbonyl (C=O) groups excluding carboxylic acids is 1. The summed E-state index contributed by atoms with van der Waals surface area (Å²) in [6.07, 6.45) is 0. The van der Waals surface area contributed by atoms with Crippen molar-refractivity contribution in [2.45, 2.75) is 4.90 Å². The van der Waals surface area contributed by atoms with Crippen LogP contribution in [0.5, 0.6) is 0 Å². The highest BCUT2D eigenvalue weighted by Gasteiger charge is 2.19. The zero-order valence-corrected chi connectivity index (χ0v) is 15.8. The number of anilines is 1. The highest BCUT2D eigenvalue weighted by Crippen LogP contribution is 2.25. The third kappa shape index (κ3) is 3.82. The number of carbonyl (C=O) groups is 1. The van der Waals surface area contributed by atoms with Crippen LogP contribution in [0.2, 0.25) is 0 Å². The molecule has 2 aromatic carbocycles. The van der Waals surface area contributed by atoms with E-state index in [1.807, 2.05) is 35.7 Å². The predicted octanol–water partition coefficient (Wildman–Crippen LogP) is 3.31. The van der Waals surface area contributed by atoms with Gasteiger partial charge >= 0.3 is 0 Å². The summed E-state index contributed by atoms with van der Waals surface area (Å²) in [6, 6.07) is 15.6. The number of hydrogen-bond acceptors (Lipinski definition) is 5. The summed E-state index contributed by atoms with van der Waals surface area (Å²) in [5.74, 6) is -0.408. The molecule has 0 aliphatic rings. The lowest BCUT2D eigenvalue weighted by Gasteiger charge is -2.12. The van der Waals surface area contributed by atoms with Gasteiger partial charge in [-0.15, -0.1) is 11.3 Å². The van der Waals surface area contributed by atoms with E-state index in [9.17, 15) is 13.2 Å². The number of thiazole rings is 1. The van der Waals surface area contributed by atoms with Crippen LogP contribution >= 0.6 is 11.3 Å². The molecule has 1 heterocycles. The molecule has 0 aliphatic heterocycles. The van der Waals surface area contributed by atoms with Gasteiger partial charge in [0, 0.05) is 30.6 Å². The zero-order valence-electron chi connectivity index (χ0n) is 14.2. The van der Waals surface area contributed by atoms with Gasteiger partial charge in [0.1, 0.15) is 0 Å². The largest absolute Gasteiger partial charge is 0.298 e. The Morgan fingerprint density at radius 1 is 1.08 bits per heavy atom. The van der Waals surface area contributed by atoms with E-state index in [1.165, 1.54) is 37.6 Å². The Kier molecular flexibility index (Phi) is 5.17. The topological polar surface area (TPSA) is 79.4 Å². The third-order valence-electron chi connectivity index (χ3n) is 3.67. The molecule has 3 rings (SSSR count). The van der Waals surface area contributed by atoms with Gasteiger partial charge in [-0.25, -0.2) is 17.7 Å². The van der Waals surface area contributed by atoms with Gasteiger partial charge in [0.15, 0.2) is 5.13 Å². The van der Waals surface area contributed by atoms with Crippen molar-refractivity contribution in [3.63, 3.8) is 0 Å². The normalized spacial score (nSPS) is 11.5. The summed E-state index contributed by atoms with van der Waals surface area (Å²) in [5.41, 5.74) is 1.99. The van der Waals surface area contributed by atoms with Crippen LogP contribution in [0.4, 0.5) is 5.13 Å². The minimum absolute atomic E-state index is 0.0688. The lowest BCUT2D eigenvalue weighted by atomic mass is 10.2. The van der Waals surface area contributed by atoms with Gasteiger partial charge in [0.05, 0.1) is 10.6 Å². The Balaban J connectivity index is 1.80. The highest BCUT2D eigenvalue weighted by molar-refractivity contribution is 7.89. The van der Waals surface area contributed by atoms with Crippen molar-refractivity contribution >= 4 is 32.4 Å². The molecule has 0 saturated carbocycles. The molecule has 8 heteroatoms. The number of aromatic nitrogens is 1. The first kappa shape index (κ1) is 18.2. The predicted molar refractivity (Wildman–Crippen MR) is 103 cm³/mol. The zero-order chi connectivity index (χ0) is 18.7. The summed E-state index contributed by atoms with van der Waals surface area (Å²) < 4.78 is 25.5. The standard InChI is InChI=1S/C18H17N3O3S2/c1-21(2)26(23,24)15-10-6-9-14(11-15)17(22)20-18-19-16(12-25-18)13-7-4-3-5-8-13/h3-12H,1-2H3,(H,19,20,22). The second-order valence-electron chi connectivity index (χ2n) is 5.67. The number of amides is 1. The highest BCUT2D eigenvalue weighted by atomic mass is 32.2. The second-order valence-corrected chi connectivity index (χ2v) is 8.68. The molecule has 0 spiro atoms. The SMILES string of the molecule is CN(C)S(=O)(=O)c1cccc(C(=O)Nc2nc(-c3ccccc3)cs2)c1. The Morgan fingerprint density at radius 3 is 2.50 bits per heavy atom. The average molecular weight is 387 g/mol. The van der Waals surface area contributed by atoms with E-state index in [2.05, 4.69) is 10.3 Å². The molecule has 0 saturated heterocycles. The summed E-state index contributed by atoms with van der Waals surface area (Å²) in [4.78, 5) is 16.9. The van der Waals surface area contributed by atoms with Crippen LogP contribution < -0.4 is 5.32 Å². The maximum atomic E-state index is 12.5. The third-order valence-corrected chi connectivity index (χ3v) is 6.24. The smallest absolute Gasteiger partial charge is 0.257 e. The van der Waals surface area contributed by atoms with Crippen LogP contribution in [-0.2, 0) is 10.0 Å². The van der Waals surface area contributed by atoms with Crippen LogP contribution in [0, 0.1) is 0 Å². The van der Waals surface area contributed by atoms with Crippen LogP contribution in [-0.4, -0.2) is 37.7 Å². The van der Waals surface area contributed by atoms with Crippen LogP contribution in [0.25, 0.3) is 11.3 Å². The summed E-state index contributed by atoms with van der Waals surface area (Å²) in [7, 11) is -0.703. The van der Waals surface area contributed by atoms with Gasteiger partial charge in [-0.1, -0.05) is 36.4 Å². The second kappa shape index (κ2) is 7.36. The molecule has 1 amide bonds. The van der Waals surface area contributed by atoms with Crippen molar-refractivity contribution in [2.24, 2.45) is 0 Å². The van der Waals surface area contributed by atoms with E-state index in [1.54, 1.807) is 12.1 Å². The number of rotatable bonds is 5.